The molecule has 0 heterocycles. The minimum Gasteiger partial charge on any atom is -0.366 e. The van der Waals surface area contributed by atoms with E-state index in [1.807, 2.05) is 13.0 Å². The summed E-state index contributed by atoms with van der Waals surface area (Å²) in [4.78, 5) is 23.0. The van der Waals surface area contributed by atoms with E-state index in [0.29, 0.717) is 21.8 Å². The largest absolute Gasteiger partial charge is 0.366 e. The lowest BCUT2D eigenvalue weighted by Crippen LogP contribution is -2.14. The third kappa shape index (κ3) is 3.16. The lowest BCUT2D eigenvalue weighted by atomic mass is 10.1. The maximum atomic E-state index is 12.0. The number of halogens is 1. The van der Waals surface area contributed by atoms with E-state index in [1.54, 1.807) is 24.3 Å². The van der Waals surface area contributed by atoms with E-state index in [1.165, 1.54) is 12.1 Å². The lowest BCUT2D eigenvalue weighted by Gasteiger charge is -2.07. The van der Waals surface area contributed by atoms with Gasteiger partial charge in [-0.05, 0) is 48.9 Å². The van der Waals surface area contributed by atoms with Crippen LogP contribution < -0.4 is 11.1 Å². The molecule has 0 aromatic heterocycles. The molecule has 0 aliphatic carbocycles. The van der Waals surface area contributed by atoms with Gasteiger partial charge in [0.25, 0.3) is 5.91 Å². The molecule has 4 nitrogen and oxygen atoms in total. The molecule has 0 aliphatic rings. The smallest absolute Gasteiger partial charge is 0.255 e. The Morgan fingerprint density at radius 3 is 2.20 bits per heavy atom. The summed E-state index contributed by atoms with van der Waals surface area (Å²) in [5, 5.41) is 3.33. The highest BCUT2D eigenvalue weighted by Gasteiger charge is 2.08. The number of rotatable bonds is 3. The fourth-order valence-electron chi connectivity index (χ4n) is 1.66. The molecule has 20 heavy (non-hydrogen) atoms. The Labute approximate surface area is 121 Å². The van der Waals surface area contributed by atoms with Crippen LogP contribution in [0.2, 0.25) is 5.02 Å². The van der Waals surface area contributed by atoms with Gasteiger partial charge in [-0.1, -0.05) is 17.7 Å². The second-order valence-electron chi connectivity index (χ2n) is 4.36. The van der Waals surface area contributed by atoms with Crippen LogP contribution in [0.3, 0.4) is 0 Å². The molecule has 0 saturated heterocycles. The van der Waals surface area contributed by atoms with Crippen molar-refractivity contribution in [3.8, 4) is 0 Å². The van der Waals surface area contributed by atoms with Gasteiger partial charge in [-0.2, -0.15) is 0 Å². The van der Waals surface area contributed by atoms with Crippen molar-refractivity contribution in [3.63, 3.8) is 0 Å². The Morgan fingerprint density at radius 2 is 1.65 bits per heavy atom. The molecule has 0 aliphatic heterocycles. The lowest BCUT2D eigenvalue weighted by molar-refractivity contribution is 0.0995. The number of amides is 2. The van der Waals surface area contributed by atoms with E-state index in [9.17, 15) is 9.59 Å². The Balaban J connectivity index is 2.15. The molecule has 102 valence electrons. The number of aryl methyl sites for hydroxylation is 1. The quantitative estimate of drug-likeness (QED) is 0.911. The normalized spacial score (nSPS) is 10.1. The summed E-state index contributed by atoms with van der Waals surface area (Å²) < 4.78 is 0. The van der Waals surface area contributed by atoms with Crippen LogP contribution in [0.15, 0.2) is 42.5 Å². The number of hydrogen-bond acceptors (Lipinski definition) is 2. The molecular weight excluding hydrogens is 276 g/mol. The molecule has 2 aromatic rings. The third-order valence-electron chi connectivity index (χ3n) is 2.86. The van der Waals surface area contributed by atoms with Gasteiger partial charge in [-0.3, -0.25) is 9.59 Å². The van der Waals surface area contributed by atoms with Gasteiger partial charge in [0, 0.05) is 21.8 Å². The van der Waals surface area contributed by atoms with Crippen molar-refractivity contribution in [3.05, 3.63) is 64.2 Å². The van der Waals surface area contributed by atoms with Gasteiger partial charge in [0.05, 0.1) is 0 Å². The van der Waals surface area contributed by atoms with E-state index in [-0.39, 0.29) is 5.91 Å². The van der Waals surface area contributed by atoms with Crippen molar-refractivity contribution in [2.24, 2.45) is 5.73 Å². The Morgan fingerprint density at radius 1 is 1.05 bits per heavy atom. The second-order valence-corrected chi connectivity index (χ2v) is 4.77. The highest BCUT2D eigenvalue weighted by atomic mass is 35.5. The summed E-state index contributed by atoms with van der Waals surface area (Å²) in [5.74, 6) is -0.803. The predicted octanol–water partition coefficient (Wildman–Crippen LogP) is 3.00. The molecule has 2 rings (SSSR count). The SMILES string of the molecule is Cc1ccc(NC(=O)c2ccc(C(N)=O)cc2)cc1Cl. The summed E-state index contributed by atoms with van der Waals surface area (Å²) >= 11 is 6.00. The number of nitrogens with two attached hydrogens (primary N) is 1. The van der Waals surface area contributed by atoms with Gasteiger partial charge in [-0.15, -0.1) is 0 Å². The van der Waals surface area contributed by atoms with Crippen molar-refractivity contribution < 1.29 is 9.59 Å². The van der Waals surface area contributed by atoms with E-state index < -0.39 is 5.91 Å². The Hall–Kier alpha value is -2.33. The number of primary amides is 1. The van der Waals surface area contributed by atoms with Crippen molar-refractivity contribution >= 4 is 29.1 Å². The summed E-state index contributed by atoms with van der Waals surface area (Å²) in [6.45, 7) is 1.89. The maximum absolute atomic E-state index is 12.0. The zero-order chi connectivity index (χ0) is 14.7. The molecule has 0 radical (unpaired) electrons. The Kier molecular flexibility index (Phi) is 4.05. The van der Waals surface area contributed by atoms with Gasteiger partial charge in [-0.25, -0.2) is 0 Å². The first-order valence-electron chi connectivity index (χ1n) is 5.95. The zero-order valence-corrected chi connectivity index (χ0v) is 11.6. The molecule has 0 saturated carbocycles. The van der Waals surface area contributed by atoms with E-state index in [2.05, 4.69) is 5.32 Å². The number of hydrogen-bond donors (Lipinski definition) is 2. The standard InChI is InChI=1S/C15H13ClN2O2/c1-9-2-7-12(8-13(9)16)18-15(20)11-5-3-10(4-6-11)14(17)19/h2-8H,1H3,(H2,17,19)(H,18,20). The van der Waals surface area contributed by atoms with Crippen LogP contribution in [0.4, 0.5) is 5.69 Å². The van der Waals surface area contributed by atoms with Crippen LogP contribution >= 0.6 is 11.6 Å². The van der Waals surface area contributed by atoms with Gasteiger partial charge < -0.3 is 11.1 Å². The third-order valence-corrected chi connectivity index (χ3v) is 3.27. The van der Waals surface area contributed by atoms with Gasteiger partial charge in [0.2, 0.25) is 5.91 Å². The monoisotopic (exact) mass is 288 g/mol. The first-order chi connectivity index (χ1) is 9.47. The van der Waals surface area contributed by atoms with Gasteiger partial charge in [0.1, 0.15) is 0 Å². The number of carbonyl (C=O) groups is 2. The van der Waals surface area contributed by atoms with Crippen LogP contribution in [0.25, 0.3) is 0 Å². The molecule has 3 N–H and O–H groups in total. The topological polar surface area (TPSA) is 72.2 Å². The average Bonchev–Trinajstić information content (AvgIpc) is 2.43. The molecule has 0 spiro atoms. The molecule has 0 unspecified atom stereocenters. The summed E-state index contributed by atoms with van der Waals surface area (Å²) in [7, 11) is 0. The highest BCUT2D eigenvalue weighted by molar-refractivity contribution is 6.31. The second kappa shape index (κ2) is 5.75. The van der Waals surface area contributed by atoms with Crippen molar-refractivity contribution in [2.75, 3.05) is 5.32 Å². The minimum atomic E-state index is -0.526. The number of nitrogens with one attached hydrogen (secondary N) is 1. The van der Waals surface area contributed by atoms with Crippen molar-refractivity contribution in [1.29, 1.82) is 0 Å². The molecule has 2 aromatic carbocycles. The van der Waals surface area contributed by atoms with Crippen molar-refractivity contribution in [2.45, 2.75) is 6.92 Å². The molecule has 2 amide bonds. The first-order valence-corrected chi connectivity index (χ1v) is 6.32. The molecule has 5 heteroatoms. The highest BCUT2D eigenvalue weighted by Crippen LogP contribution is 2.20. The van der Waals surface area contributed by atoms with Crippen LogP contribution in [0.1, 0.15) is 26.3 Å². The number of carbonyl (C=O) groups excluding carboxylic acids is 2. The van der Waals surface area contributed by atoms with E-state index >= 15 is 0 Å². The average molecular weight is 289 g/mol. The molecule has 0 fully saturated rings. The van der Waals surface area contributed by atoms with Crippen LogP contribution in [-0.2, 0) is 0 Å². The molecule has 0 atom stereocenters. The van der Waals surface area contributed by atoms with E-state index in [0.717, 1.165) is 5.56 Å². The predicted molar refractivity (Wildman–Crippen MR) is 79.1 cm³/mol. The van der Waals surface area contributed by atoms with Gasteiger partial charge >= 0.3 is 0 Å². The van der Waals surface area contributed by atoms with Crippen LogP contribution in [0.5, 0.6) is 0 Å². The Bertz CT molecular complexity index is 666. The zero-order valence-electron chi connectivity index (χ0n) is 10.8. The summed E-state index contributed by atoms with van der Waals surface area (Å²) in [6.07, 6.45) is 0. The van der Waals surface area contributed by atoms with Crippen molar-refractivity contribution in [1.82, 2.24) is 0 Å². The fraction of sp³-hybridized carbons (Fsp3) is 0.0667. The number of anilines is 1. The summed E-state index contributed by atoms with van der Waals surface area (Å²) in [6, 6.07) is 11.4. The van der Waals surface area contributed by atoms with E-state index in [4.69, 9.17) is 17.3 Å². The minimum absolute atomic E-state index is 0.277. The van der Waals surface area contributed by atoms with Crippen LogP contribution in [-0.4, -0.2) is 11.8 Å². The molecule has 0 bridgehead atoms. The van der Waals surface area contributed by atoms with Crippen LogP contribution in [0, 0.1) is 6.92 Å². The fourth-order valence-corrected chi connectivity index (χ4v) is 1.84. The summed E-state index contributed by atoms with van der Waals surface area (Å²) in [5.41, 5.74) is 7.49. The first kappa shape index (κ1) is 14.1. The number of benzene rings is 2. The van der Waals surface area contributed by atoms with Gasteiger partial charge in [0.15, 0.2) is 0 Å². The molecular formula is C15H13ClN2O2. The maximum Gasteiger partial charge on any atom is 0.255 e.